The van der Waals surface area contributed by atoms with Crippen LogP contribution < -0.4 is 0 Å². The molecule has 0 aromatic rings. The molecule has 0 aromatic carbocycles. The summed E-state index contributed by atoms with van der Waals surface area (Å²) in [5.74, 6) is 1.05. The zero-order valence-corrected chi connectivity index (χ0v) is 13.2. The van der Waals surface area contributed by atoms with E-state index in [4.69, 9.17) is 11.6 Å². The van der Waals surface area contributed by atoms with Gasteiger partial charge < -0.3 is 4.90 Å². The lowest BCUT2D eigenvalue weighted by Crippen LogP contribution is -2.39. The highest BCUT2D eigenvalue weighted by atomic mass is 35.5. The molecule has 1 atom stereocenters. The average molecular weight is 297 g/mol. The van der Waals surface area contributed by atoms with Gasteiger partial charge in [0, 0.05) is 19.5 Å². The van der Waals surface area contributed by atoms with Crippen molar-refractivity contribution in [2.75, 3.05) is 45.4 Å². The first-order valence-electron chi connectivity index (χ1n) is 6.53. The van der Waals surface area contributed by atoms with Gasteiger partial charge in [-0.05, 0) is 44.8 Å². The number of alkyl halides is 1. The number of hydrogen-bond acceptors (Lipinski definition) is 3. The molecule has 108 valence electrons. The maximum Gasteiger partial charge on any atom is 0.214 e. The highest BCUT2D eigenvalue weighted by Crippen LogP contribution is 2.18. The standard InChI is InChI=1S/C12H25ClN2O2S/c1-11(8-13)10-18(16,17)15(3)9-12-4-6-14(2)7-5-12/h11-12H,4-10H2,1-3H3. The van der Waals surface area contributed by atoms with Crippen LogP contribution >= 0.6 is 11.6 Å². The maximum atomic E-state index is 12.1. The summed E-state index contributed by atoms with van der Waals surface area (Å²) in [6.07, 6.45) is 2.17. The van der Waals surface area contributed by atoms with Crippen LogP contribution in [0.5, 0.6) is 0 Å². The Kier molecular flexibility index (Phi) is 6.38. The second-order valence-corrected chi connectivity index (χ2v) is 7.99. The molecule has 0 radical (unpaired) electrons. The molecule has 1 fully saturated rings. The second kappa shape index (κ2) is 7.08. The fourth-order valence-electron chi connectivity index (χ4n) is 2.25. The molecule has 1 rings (SSSR count). The molecule has 0 bridgehead atoms. The first kappa shape index (κ1) is 16.2. The summed E-state index contributed by atoms with van der Waals surface area (Å²) in [6.45, 7) is 4.65. The van der Waals surface area contributed by atoms with Crippen molar-refractivity contribution < 1.29 is 8.42 Å². The van der Waals surface area contributed by atoms with Crippen LogP contribution in [-0.2, 0) is 10.0 Å². The first-order valence-corrected chi connectivity index (χ1v) is 8.68. The number of piperidine rings is 1. The fraction of sp³-hybridized carbons (Fsp3) is 1.00. The number of likely N-dealkylation sites (tertiary alicyclic amines) is 1. The van der Waals surface area contributed by atoms with Gasteiger partial charge in [-0.2, -0.15) is 0 Å². The summed E-state index contributed by atoms with van der Waals surface area (Å²) < 4.78 is 25.7. The summed E-state index contributed by atoms with van der Waals surface area (Å²) in [5, 5.41) is 0. The van der Waals surface area contributed by atoms with Crippen molar-refractivity contribution in [1.29, 1.82) is 0 Å². The molecule has 4 nitrogen and oxygen atoms in total. The SMILES string of the molecule is CC(CCl)CS(=O)(=O)N(C)CC1CCN(C)CC1. The van der Waals surface area contributed by atoms with E-state index in [0.717, 1.165) is 25.9 Å². The van der Waals surface area contributed by atoms with E-state index in [9.17, 15) is 8.42 Å². The Labute approximate surface area is 116 Å². The minimum absolute atomic E-state index is 0.0107. The summed E-state index contributed by atoms with van der Waals surface area (Å²) in [6, 6.07) is 0. The zero-order valence-electron chi connectivity index (χ0n) is 11.6. The molecular weight excluding hydrogens is 272 g/mol. The van der Waals surface area contributed by atoms with Gasteiger partial charge in [-0.1, -0.05) is 6.92 Å². The first-order chi connectivity index (χ1) is 8.35. The van der Waals surface area contributed by atoms with Crippen molar-refractivity contribution in [2.45, 2.75) is 19.8 Å². The zero-order chi connectivity index (χ0) is 13.8. The minimum Gasteiger partial charge on any atom is -0.306 e. The molecule has 0 N–H and O–H groups in total. The Bertz CT molecular complexity index is 340. The molecular formula is C12H25ClN2O2S. The van der Waals surface area contributed by atoms with Crippen molar-refractivity contribution in [1.82, 2.24) is 9.21 Å². The third-order valence-corrected chi connectivity index (χ3v) is 6.20. The molecule has 0 aromatic heterocycles. The Morgan fingerprint density at radius 1 is 1.39 bits per heavy atom. The monoisotopic (exact) mass is 296 g/mol. The largest absolute Gasteiger partial charge is 0.306 e. The summed E-state index contributed by atoms with van der Waals surface area (Å²) >= 11 is 5.68. The van der Waals surface area contributed by atoms with E-state index in [0.29, 0.717) is 18.3 Å². The Hall–Kier alpha value is 0.160. The van der Waals surface area contributed by atoms with Crippen molar-refractivity contribution >= 4 is 21.6 Å². The highest BCUT2D eigenvalue weighted by molar-refractivity contribution is 7.89. The molecule has 1 heterocycles. The lowest BCUT2D eigenvalue weighted by molar-refractivity contribution is 0.202. The molecule has 18 heavy (non-hydrogen) atoms. The van der Waals surface area contributed by atoms with Crippen molar-refractivity contribution in [3.8, 4) is 0 Å². The van der Waals surface area contributed by atoms with Crippen LogP contribution in [0.4, 0.5) is 0 Å². The van der Waals surface area contributed by atoms with Crippen LogP contribution in [0.2, 0.25) is 0 Å². The smallest absolute Gasteiger partial charge is 0.214 e. The number of nitrogens with zero attached hydrogens (tertiary/aromatic N) is 2. The molecule has 1 aliphatic rings. The molecule has 0 aliphatic carbocycles. The lowest BCUT2D eigenvalue weighted by Gasteiger charge is -2.31. The second-order valence-electron chi connectivity index (χ2n) is 5.57. The summed E-state index contributed by atoms with van der Waals surface area (Å²) in [7, 11) is 0.650. The van der Waals surface area contributed by atoms with E-state index < -0.39 is 10.0 Å². The van der Waals surface area contributed by atoms with Gasteiger partial charge in [0.05, 0.1) is 5.75 Å². The quantitative estimate of drug-likeness (QED) is 0.697. The van der Waals surface area contributed by atoms with E-state index >= 15 is 0 Å². The van der Waals surface area contributed by atoms with Crippen LogP contribution in [0.25, 0.3) is 0 Å². The molecule has 1 saturated heterocycles. The summed E-state index contributed by atoms with van der Waals surface area (Å²) in [5.41, 5.74) is 0. The van der Waals surface area contributed by atoms with E-state index in [1.54, 1.807) is 7.05 Å². The van der Waals surface area contributed by atoms with Crippen LogP contribution in [0.15, 0.2) is 0 Å². The maximum absolute atomic E-state index is 12.1. The normalized spacial score (nSPS) is 21.4. The van der Waals surface area contributed by atoms with Gasteiger partial charge in [0.15, 0.2) is 0 Å². The third-order valence-electron chi connectivity index (χ3n) is 3.59. The predicted octanol–water partition coefficient (Wildman–Crippen LogP) is 1.46. The third kappa shape index (κ3) is 5.03. The van der Waals surface area contributed by atoms with Crippen LogP contribution in [0.1, 0.15) is 19.8 Å². The fourth-order valence-corrected chi connectivity index (χ4v) is 4.02. The van der Waals surface area contributed by atoms with Gasteiger partial charge >= 0.3 is 0 Å². The van der Waals surface area contributed by atoms with Crippen LogP contribution in [-0.4, -0.2) is 63.0 Å². The number of hydrogen-bond donors (Lipinski definition) is 0. The van der Waals surface area contributed by atoms with Crippen molar-refractivity contribution in [2.24, 2.45) is 11.8 Å². The van der Waals surface area contributed by atoms with Gasteiger partial charge in [0.1, 0.15) is 0 Å². The van der Waals surface area contributed by atoms with Crippen molar-refractivity contribution in [3.63, 3.8) is 0 Å². The minimum atomic E-state index is -3.15. The molecule has 0 spiro atoms. The van der Waals surface area contributed by atoms with Gasteiger partial charge in [-0.15, -0.1) is 11.6 Å². The Morgan fingerprint density at radius 2 is 1.94 bits per heavy atom. The average Bonchev–Trinajstić information content (AvgIpc) is 2.31. The number of halogens is 1. The molecule has 0 saturated carbocycles. The topological polar surface area (TPSA) is 40.6 Å². The van der Waals surface area contributed by atoms with Gasteiger partial charge in [0.25, 0.3) is 0 Å². The van der Waals surface area contributed by atoms with E-state index in [2.05, 4.69) is 11.9 Å². The summed E-state index contributed by atoms with van der Waals surface area (Å²) in [4.78, 5) is 2.29. The lowest BCUT2D eigenvalue weighted by atomic mass is 9.97. The molecule has 1 unspecified atom stereocenters. The van der Waals surface area contributed by atoms with Gasteiger partial charge in [-0.3, -0.25) is 0 Å². The number of rotatable bonds is 6. The van der Waals surface area contributed by atoms with Crippen LogP contribution in [0.3, 0.4) is 0 Å². The predicted molar refractivity (Wildman–Crippen MR) is 76.5 cm³/mol. The van der Waals surface area contributed by atoms with Crippen molar-refractivity contribution in [3.05, 3.63) is 0 Å². The van der Waals surface area contributed by atoms with E-state index in [1.807, 2.05) is 6.92 Å². The van der Waals surface area contributed by atoms with Crippen LogP contribution in [0, 0.1) is 11.8 Å². The highest BCUT2D eigenvalue weighted by Gasteiger charge is 2.25. The van der Waals surface area contributed by atoms with Gasteiger partial charge in [0.2, 0.25) is 10.0 Å². The molecule has 1 aliphatic heterocycles. The molecule has 6 heteroatoms. The van der Waals surface area contributed by atoms with Gasteiger partial charge in [-0.25, -0.2) is 12.7 Å². The Balaban J connectivity index is 2.46. The van der Waals surface area contributed by atoms with E-state index in [1.165, 1.54) is 4.31 Å². The van der Waals surface area contributed by atoms with E-state index in [-0.39, 0.29) is 11.7 Å². The number of sulfonamides is 1. The molecule has 0 amide bonds. The Morgan fingerprint density at radius 3 is 2.44 bits per heavy atom.